The molecular formula is C6H6Cl2N2O. The Morgan fingerprint density at radius 2 is 2.18 bits per heavy atom. The topological polar surface area (TPSA) is 52.9 Å². The molecule has 0 fully saturated rings. The van der Waals surface area contributed by atoms with Gasteiger partial charge in [-0.05, 0) is 6.92 Å². The zero-order valence-electron chi connectivity index (χ0n) is 5.82. The van der Waals surface area contributed by atoms with Gasteiger partial charge in [0.05, 0.1) is 0 Å². The molecule has 11 heavy (non-hydrogen) atoms. The molecule has 1 N–H and O–H groups in total. The summed E-state index contributed by atoms with van der Waals surface area (Å²) >= 11 is 10.5. The van der Waals surface area contributed by atoms with Crippen molar-refractivity contribution in [1.82, 2.24) is 5.32 Å². The third kappa shape index (κ3) is 3.26. The molecular weight excluding hydrogens is 187 g/mol. The Morgan fingerprint density at radius 1 is 1.64 bits per heavy atom. The van der Waals surface area contributed by atoms with E-state index in [0.29, 0.717) is 6.54 Å². The van der Waals surface area contributed by atoms with E-state index in [1.807, 2.05) is 0 Å². The molecule has 0 aliphatic carbocycles. The van der Waals surface area contributed by atoms with E-state index in [2.05, 4.69) is 5.32 Å². The fourth-order valence-electron chi connectivity index (χ4n) is 0.428. The Bertz CT molecular complexity index is 225. The van der Waals surface area contributed by atoms with E-state index in [1.165, 1.54) is 0 Å². The summed E-state index contributed by atoms with van der Waals surface area (Å²) in [7, 11) is 0. The van der Waals surface area contributed by atoms with Crippen LogP contribution in [0, 0.1) is 11.3 Å². The smallest absolute Gasteiger partial charge is 0.264 e. The second-order valence-electron chi connectivity index (χ2n) is 1.61. The third-order valence-corrected chi connectivity index (χ3v) is 1.24. The normalized spacial score (nSPS) is 8.18. The van der Waals surface area contributed by atoms with Gasteiger partial charge in [-0.25, -0.2) is 0 Å². The second-order valence-corrected chi connectivity index (χ2v) is 2.56. The van der Waals surface area contributed by atoms with E-state index in [1.54, 1.807) is 13.0 Å². The standard InChI is InChI=1S/C6H6Cl2N2O/c1-2-10-6(11)4(3-9)5(7)8/h2H2,1H3,(H,10,11). The Labute approximate surface area is 74.6 Å². The van der Waals surface area contributed by atoms with Crippen LogP contribution in [0.5, 0.6) is 0 Å². The van der Waals surface area contributed by atoms with E-state index in [-0.39, 0.29) is 10.1 Å². The highest BCUT2D eigenvalue weighted by atomic mass is 35.5. The first kappa shape index (κ1) is 10.3. The first-order valence-electron chi connectivity index (χ1n) is 2.87. The summed E-state index contributed by atoms with van der Waals surface area (Å²) in [5.41, 5.74) is -0.254. The highest BCUT2D eigenvalue weighted by molar-refractivity contribution is 6.57. The SMILES string of the molecule is CCNC(=O)C(C#N)=C(Cl)Cl. The van der Waals surface area contributed by atoms with E-state index >= 15 is 0 Å². The first-order chi connectivity index (χ1) is 5.13. The average molecular weight is 193 g/mol. The van der Waals surface area contributed by atoms with E-state index in [4.69, 9.17) is 28.5 Å². The van der Waals surface area contributed by atoms with E-state index in [0.717, 1.165) is 0 Å². The summed E-state index contributed by atoms with van der Waals surface area (Å²) in [6.45, 7) is 2.17. The fourth-order valence-corrected chi connectivity index (χ4v) is 0.684. The Hall–Kier alpha value is -0.720. The molecule has 0 atom stereocenters. The number of amides is 1. The number of nitrogens with zero attached hydrogens (tertiary/aromatic N) is 1. The molecule has 0 aliphatic heterocycles. The molecule has 60 valence electrons. The van der Waals surface area contributed by atoms with Crippen LogP contribution in [0.3, 0.4) is 0 Å². The number of likely N-dealkylation sites (N-methyl/N-ethyl adjacent to an activating group) is 1. The van der Waals surface area contributed by atoms with Crippen molar-refractivity contribution in [2.45, 2.75) is 6.92 Å². The Morgan fingerprint density at radius 3 is 2.45 bits per heavy atom. The van der Waals surface area contributed by atoms with Gasteiger partial charge in [0.25, 0.3) is 5.91 Å². The van der Waals surface area contributed by atoms with E-state index < -0.39 is 5.91 Å². The summed E-state index contributed by atoms with van der Waals surface area (Å²) in [4.78, 5) is 10.9. The Kier molecular flexibility index (Phi) is 4.67. The van der Waals surface area contributed by atoms with Crippen molar-refractivity contribution in [2.24, 2.45) is 0 Å². The number of halogens is 2. The maximum atomic E-state index is 10.9. The van der Waals surface area contributed by atoms with Crippen molar-refractivity contribution in [3.05, 3.63) is 10.1 Å². The summed E-state index contributed by atoms with van der Waals surface area (Å²) in [6.07, 6.45) is 0. The van der Waals surface area contributed by atoms with Crippen LogP contribution in [0.4, 0.5) is 0 Å². The fraction of sp³-hybridized carbons (Fsp3) is 0.333. The lowest BCUT2D eigenvalue weighted by Gasteiger charge is -1.98. The summed E-state index contributed by atoms with van der Waals surface area (Å²) < 4.78 is -0.307. The van der Waals surface area contributed by atoms with Crippen LogP contribution in [0.15, 0.2) is 10.1 Å². The van der Waals surface area contributed by atoms with Gasteiger partial charge < -0.3 is 5.32 Å². The van der Waals surface area contributed by atoms with Crippen molar-refractivity contribution < 1.29 is 4.79 Å². The van der Waals surface area contributed by atoms with Gasteiger partial charge in [-0.3, -0.25) is 4.79 Å². The number of hydrogen-bond acceptors (Lipinski definition) is 2. The minimum Gasteiger partial charge on any atom is -0.352 e. The van der Waals surface area contributed by atoms with Gasteiger partial charge in [-0.1, -0.05) is 23.2 Å². The molecule has 5 heteroatoms. The lowest BCUT2D eigenvalue weighted by atomic mass is 10.3. The van der Waals surface area contributed by atoms with Crippen LogP contribution in [-0.4, -0.2) is 12.5 Å². The monoisotopic (exact) mass is 192 g/mol. The van der Waals surface area contributed by atoms with Crippen LogP contribution < -0.4 is 5.32 Å². The molecule has 0 heterocycles. The number of hydrogen-bond donors (Lipinski definition) is 1. The Balaban J connectivity index is 4.45. The molecule has 3 nitrogen and oxygen atoms in total. The second kappa shape index (κ2) is 5.00. The predicted octanol–water partition coefficient (Wildman–Crippen LogP) is 1.34. The van der Waals surface area contributed by atoms with Crippen molar-refractivity contribution in [3.63, 3.8) is 0 Å². The maximum Gasteiger partial charge on any atom is 0.264 e. The van der Waals surface area contributed by atoms with Gasteiger partial charge in [0, 0.05) is 6.54 Å². The molecule has 0 bridgehead atoms. The van der Waals surface area contributed by atoms with Crippen molar-refractivity contribution >= 4 is 29.1 Å². The molecule has 0 aromatic carbocycles. The summed E-state index contributed by atoms with van der Waals surface area (Å²) in [5, 5.41) is 10.7. The van der Waals surface area contributed by atoms with Gasteiger partial charge in [-0.15, -0.1) is 0 Å². The minimum absolute atomic E-state index is 0.254. The molecule has 0 saturated carbocycles. The van der Waals surface area contributed by atoms with Crippen LogP contribution in [0.2, 0.25) is 0 Å². The molecule has 0 aliphatic rings. The van der Waals surface area contributed by atoms with Crippen LogP contribution in [0.1, 0.15) is 6.92 Å². The van der Waals surface area contributed by atoms with Crippen LogP contribution in [-0.2, 0) is 4.79 Å². The quantitative estimate of drug-likeness (QED) is 0.531. The number of carbonyl (C=O) groups is 1. The lowest BCUT2D eigenvalue weighted by Crippen LogP contribution is -2.24. The molecule has 0 spiro atoms. The van der Waals surface area contributed by atoms with Gasteiger partial charge in [0.1, 0.15) is 16.1 Å². The molecule has 0 unspecified atom stereocenters. The average Bonchev–Trinajstić information content (AvgIpc) is 1.88. The summed E-state index contributed by atoms with van der Waals surface area (Å²) in [6, 6.07) is 1.59. The number of nitriles is 1. The van der Waals surface area contributed by atoms with Crippen molar-refractivity contribution in [1.29, 1.82) is 5.26 Å². The van der Waals surface area contributed by atoms with Crippen molar-refractivity contribution in [3.8, 4) is 6.07 Å². The molecule has 1 amide bonds. The lowest BCUT2D eigenvalue weighted by molar-refractivity contribution is -0.117. The zero-order valence-corrected chi connectivity index (χ0v) is 7.33. The molecule has 0 saturated heterocycles. The number of nitrogens with one attached hydrogen (secondary N) is 1. The van der Waals surface area contributed by atoms with Gasteiger partial charge in [0.2, 0.25) is 0 Å². The maximum absolute atomic E-state index is 10.9. The molecule has 0 radical (unpaired) electrons. The number of carbonyl (C=O) groups excluding carboxylic acids is 1. The van der Waals surface area contributed by atoms with Gasteiger partial charge >= 0.3 is 0 Å². The molecule has 0 rings (SSSR count). The highest BCUT2D eigenvalue weighted by Gasteiger charge is 2.10. The molecule has 0 aromatic heterocycles. The highest BCUT2D eigenvalue weighted by Crippen LogP contribution is 2.12. The number of rotatable bonds is 2. The molecule has 0 aromatic rings. The van der Waals surface area contributed by atoms with Crippen LogP contribution in [0.25, 0.3) is 0 Å². The van der Waals surface area contributed by atoms with Crippen LogP contribution >= 0.6 is 23.2 Å². The van der Waals surface area contributed by atoms with Gasteiger partial charge in [0.15, 0.2) is 0 Å². The van der Waals surface area contributed by atoms with Gasteiger partial charge in [-0.2, -0.15) is 5.26 Å². The van der Waals surface area contributed by atoms with E-state index in [9.17, 15) is 4.79 Å². The largest absolute Gasteiger partial charge is 0.352 e. The minimum atomic E-state index is -0.546. The third-order valence-electron chi connectivity index (χ3n) is 0.865. The summed E-state index contributed by atoms with van der Waals surface area (Å²) in [5.74, 6) is -0.546. The zero-order chi connectivity index (χ0) is 8.85. The predicted molar refractivity (Wildman–Crippen MR) is 43.0 cm³/mol. The van der Waals surface area contributed by atoms with Crippen molar-refractivity contribution in [2.75, 3.05) is 6.54 Å². The first-order valence-corrected chi connectivity index (χ1v) is 3.62.